The number of halogens is 1. The van der Waals surface area contributed by atoms with Gasteiger partial charge in [0.2, 0.25) is 5.91 Å². The molecule has 8 nitrogen and oxygen atoms in total. The lowest BCUT2D eigenvalue weighted by Crippen LogP contribution is -2.15. The molecule has 0 unspecified atom stereocenters. The highest BCUT2D eigenvalue weighted by molar-refractivity contribution is 7.92. The van der Waals surface area contributed by atoms with Crippen LogP contribution in [0.25, 0.3) is 15.9 Å². The Bertz CT molecular complexity index is 1370. The van der Waals surface area contributed by atoms with Gasteiger partial charge >= 0.3 is 0 Å². The Balaban J connectivity index is 1.76. The highest BCUT2D eigenvalue weighted by Gasteiger charge is 2.25. The molecule has 30 heavy (non-hydrogen) atoms. The van der Waals surface area contributed by atoms with Gasteiger partial charge < -0.3 is 4.90 Å². The Labute approximate surface area is 182 Å². The molecule has 0 saturated carbocycles. The number of likely N-dealkylation sites (N-methyl/N-ethyl adjacent to an activating group) is 1. The molecule has 4 aromatic rings. The van der Waals surface area contributed by atoms with Crippen molar-refractivity contribution in [1.29, 1.82) is 0 Å². The monoisotopic (exact) mass is 465 g/mol. The number of rotatable bonds is 6. The number of nitrogens with zero attached hydrogens (tertiary/aromatic N) is 4. The zero-order valence-electron chi connectivity index (χ0n) is 16.6. The minimum absolute atomic E-state index is 0.0789. The van der Waals surface area contributed by atoms with Crippen molar-refractivity contribution >= 4 is 60.4 Å². The number of nitrogens with one attached hydrogen (secondary N) is 1. The fraction of sp³-hybridized carbons (Fsp3) is 0.263. The molecule has 0 aliphatic carbocycles. The van der Waals surface area contributed by atoms with Crippen molar-refractivity contribution in [2.45, 2.75) is 18.4 Å². The molecule has 0 aliphatic heterocycles. The second kappa shape index (κ2) is 7.69. The molecule has 0 radical (unpaired) electrons. The fourth-order valence-electron chi connectivity index (χ4n) is 3.35. The van der Waals surface area contributed by atoms with Crippen molar-refractivity contribution in [3.8, 4) is 0 Å². The number of hydrogen-bond acceptors (Lipinski definition) is 6. The van der Waals surface area contributed by atoms with E-state index in [0.717, 1.165) is 29.4 Å². The maximum atomic E-state index is 13.0. The van der Waals surface area contributed by atoms with Crippen LogP contribution >= 0.6 is 22.9 Å². The molecule has 0 spiro atoms. The van der Waals surface area contributed by atoms with Crippen LogP contribution in [0, 0.1) is 0 Å². The van der Waals surface area contributed by atoms with Gasteiger partial charge in [-0.1, -0.05) is 11.6 Å². The summed E-state index contributed by atoms with van der Waals surface area (Å²) >= 11 is 7.40. The standard InChI is InChI=1S/C19H20ClN5O3S2/c1-12(26)25-11-13(6-7-23(2)3)15-10-14(4-5-16(15)25)22-30(27,28)18-17(20)21-19-24(18)8-9-29-19/h4-5,8-11,22H,6-7H2,1-3H3. The van der Waals surface area contributed by atoms with Gasteiger partial charge in [0, 0.05) is 42.3 Å². The minimum atomic E-state index is -3.97. The zero-order chi connectivity index (χ0) is 21.6. The van der Waals surface area contributed by atoms with Gasteiger partial charge in [-0.2, -0.15) is 8.42 Å². The maximum Gasteiger partial charge on any atom is 0.281 e. The van der Waals surface area contributed by atoms with E-state index in [0.29, 0.717) is 10.6 Å². The molecule has 158 valence electrons. The predicted octanol–water partition coefficient (Wildman–Crippen LogP) is 3.57. The second-order valence-electron chi connectivity index (χ2n) is 7.20. The maximum absolute atomic E-state index is 13.0. The number of anilines is 1. The number of carbonyl (C=O) groups excluding carboxylic acids is 1. The van der Waals surface area contributed by atoms with Gasteiger partial charge in [0.25, 0.3) is 10.0 Å². The van der Waals surface area contributed by atoms with Gasteiger partial charge in [0.05, 0.1) is 5.52 Å². The van der Waals surface area contributed by atoms with E-state index in [9.17, 15) is 13.2 Å². The lowest BCUT2D eigenvalue weighted by atomic mass is 10.1. The third-order valence-corrected chi connectivity index (χ3v) is 7.28. The highest BCUT2D eigenvalue weighted by atomic mass is 35.5. The number of sulfonamides is 1. The van der Waals surface area contributed by atoms with Gasteiger partial charge in [0.1, 0.15) is 0 Å². The van der Waals surface area contributed by atoms with Crippen LogP contribution in [0.2, 0.25) is 5.15 Å². The van der Waals surface area contributed by atoms with Gasteiger partial charge in [-0.3, -0.25) is 18.5 Å². The first-order chi connectivity index (χ1) is 14.2. The molecule has 3 heterocycles. The first-order valence-electron chi connectivity index (χ1n) is 9.11. The summed E-state index contributed by atoms with van der Waals surface area (Å²) in [5.74, 6) is -0.102. The SMILES string of the molecule is CC(=O)n1cc(CCN(C)C)c2cc(NS(=O)(=O)c3c(Cl)nc4sccn34)ccc21. The van der Waals surface area contributed by atoms with Crippen LogP contribution in [0.3, 0.4) is 0 Å². The van der Waals surface area contributed by atoms with Crippen molar-refractivity contribution in [2.24, 2.45) is 0 Å². The van der Waals surface area contributed by atoms with E-state index in [1.165, 1.54) is 22.7 Å². The summed E-state index contributed by atoms with van der Waals surface area (Å²) in [7, 11) is -0.0179. The fourth-order valence-corrected chi connectivity index (χ4v) is 5.85. The summed E-state index contributed by atoms with van der Waals surface area (Å²) in [4.78, 5) is 18.7. The van der Waals surface area contributed by atoms with Crippen molar-refractivity contribution in [3.05, 3.63) is 46.7 Å². The Hall–Kier alpha value is -2.40. The molecular weight excluding hydrogens is 446 g/mol. The molecular formula is C19H20ClN5O3S2. The van der Waals surface area contributed by atoms with Crippen molar-refractivity contribution < 1.29 is 13.2 Å². The molecule has 1 aromatic carbocycles. The van der Waals surface area contributed by atoms with E-state index in [2.05, 4.69) is 14.6 Å². The molecule has 0 amide bonds. The molecule has 1 N–H and O–H groups in total. The van der Waals surface area contributed by atoms with E-state index in [1.54, 1.807) is 34.3 Å². The second-order valence-corrected chi connectivity index (χ2v) is 10.0. The van der Waals surface area contributed by atoms with Crippen LogP contribution in [-0.4, -0.2) is 53.8 Å². The van der Waals surface area contributed by atoms with Gasteiger partial charge in [0.15, 0.2) is 15.1 Å². The Kier molecular flexibility index (Phi) is 5.35. The molecule has 0 saturated heterocycles. The van der Waals surface area contributed by atoms with Crippen LogP contribution in [-0.2, 0) is 16.4 Å². The Morgan fingerprint density at radius 3 is 2.80 bits per heavy atom. The summed E-state index contributed by atoms with van der Waals surface area (Å²) in [6.45, 7) is 2.30. The van der Waals surface area contributed by atoms with Crippen LogP contribution in [0.5, 0.6) is 0 Å². The molecule has 0 aliphatic rings. The van der Waals surface area contributed by atoms with Gasteiger partial charge in [-0.25, -0.2) is 4.98 Å². The van der Waals surface area contributed by atoms with E-state index >= 15 is 0 Å². The molecule has 11 heteroatoms. The molecule has 4 rings (SSSR count). The largest absolute Gasteiger partial charge is 0.309 e. The van der Waals surface area contributed by atoms with Gasteiger partial charge in [-0.15, -0.1) is 11.3 Å². The highest BCUT2D eigenvalue weighted by Crippen LogP contribution is 2.30. The van der Waals surface area contributed by atoms with E-state index in [-0.39, 0.29) is 16.1 Å². The number of benzene rings is 1. The van der Waals surface area contributed by atoms with Crippen molar-refractivity contribution in [3.63, 3.8) is 0 Å². The normalized spacial score (nSPS) is 12.3. The lowest BCUT2D eigenvalue weighted by molar-refractivity contribution is 0.0941. The van der Waals surface area contributed by atoms with Crippen molar-refractivity contribution in [2.75, 3.05) is 25.4 Å². The molecule has 3 aromatic heterocycles. The van der Waals surface area contributed by atoms with Crippen LogP contribution in [0.1, 0.15) is 17.3 Å². The first-order valence-corrected chi connectivity index (χ1v) is 11.8. The summed E-state index contributed by atoms with van der Waals surface area (Å²) in [6, 6.07) is 5.12. The summed E-state index contributed by atoms with van der Waals surface area (Å²) in [5, 5.41) is 2.39. The summed E-state index contributed by atoms with van der Waals surface area (Å²) in [5.41, 5.74) is 2.09. The van der Waals surface area contributed by atoms with Crippen molar-refractivity contribution in [1.82, 2.24) is 18.9 Å². The van der Waals surface area contributed by atoms with E-state index in [4.69, 9.17) is 11.6 Å². The lowest BCUT2D eigenvalue weighted by Gasteiger charge is -2.10. The molecule has 0 atom stereocenters. The van der Waals surface area contributed by atoms with Gasteiger partial charge in [-0.05, 0) is 44.3 Å². The topological polar surface area (TPSA) is 88.7 Å². The number of aromatic nitrogens is 3. The number of carbonyl (C=O) groups is 1. The predicted molar refractivity (Wildman–Crippen MR) is 119 cm³/mol. The van der Waals surface area contributed by atoms with Crippen LogP contribution in [0.15, 0.2) is 41.0 Å². The zero-order valence-corrected chi connectivity index (χ0v) is 19.0. The number of hydrogen-bond donors (Lipinski definition) is 1. The smallest absolute Gasteiger partial charge is 0.281 e. The average Bonchev–Trinajstić information content (AvgIpc) is 3.31. The number of imidazole rings is 1. The van der Waals surface area contributed by atoms with Crippen LogP contribution < -0.4 is 4.72 Å². The minimum Gasteiger partial charge on any atom is -0.309 e. The summed E-state index contributed by atoms with van der Waals surface area (Å²) < 4.78 is 31.7. The average molecular weight is 466 g/mol. The Morgan fingerprint density at radius 1 is 1.33 bits per heavy atom. The third kappa shape index (κ3) is 3.71. The Morgan fingerprint density at radius 2 is 2.10 bits per heavy atom. The number of thiazole rings is 1. The quantitative estimate of drug-likeness (QED) is 0.470. The number of fused-ring (bicyclic) bond motifs is 2. The summed E-state index contributed by atoms with van der Waals surface area (Å²) in [6.07, 6.45) is 4.16. The first kappa shape index (κ1) is 20.9. The van der Waals surface area contributed by atoms with E-state index in [1.807, 2.05) is 20.3 Å². The molecule has 0 fully saturated rings. The van der Waals surface area contributed by atoms with E-state index < -0.39 is 10.0 Å². The third-order valence-electron chi connectivity index (χ3n) is 4.74. The molecule has 0 bridgehead atoms. The van der Waals surface area contributed by atoms with Crippen LogP contribution in [0.4, 0.5) is 5.69 Å².